The molecule has 1 aromatic heterocycles. The summed E-state index contributed by atoms with van der Waals surface area (Å²) in [5.74, 6) is 0.753. The van der Waals surface area contributed by atoms with Gasteiger partial charge in [-0.1, -0.05) is 0 Å². The number of nitrogens with one attached hydrogen (secondary N) is 1. The van der Waals surface area contributed by atoms with Gasteiger partial charge in [0.05, 0.1) is 17.9 Å². The molecule has 5 nitrogen and oxygen atoms in total. The molecular weight excluding hydrogens is 216 g/mol. The van der Waals surface area contributed by atoms with Crippen molar-refractivity contribution in [2.24, 2.45) is 0 Å². The smallest absolute Gasteiger partial charge is 0.241 e. The van der Waals surface area contributed by atoms with Crippen molar-refractivity contribution >= 4 is 17.4 Å². The Bertz CT molecular complexity index is 388. The average molecular weight is 236 g/mol. The van der Waals surface area contributed by atoms with E-state index in [1.165, 1.54) is 0 Å². The topological polar surface area (TPSA) is 71.2 Å². The highest BCUT2D eigenvalue weighted by atomic mass is 16.2. The number of carbonyl (C=O) groups is 1. The highest BCUT2D eigenvalue weighted by Gasteiger charge is 2.09. The van der Waals surface area contributed by atoms with Gasteiger partial charge in [-0.15, -0.1) is 0 Å². The number of aryl methyl sites for hydroxylation is 1. The molecule has 0 bridgehead atoms. The second-order valence-corrected chi connectivity index (χ2v) is 3.79. The molecule has 0 aliphatic heterocycles. The van der Waals surface area contributed by atoms with E-state index in [0.717, 1.165) is 18.8 Å². The van der Waals surface area contributed by atoms with Crippen LogP contribution < -0.4 is 11.1 Å². The maximum absolute atomic E-state index is 11.7. The van der Waals surface area contributed by atoms with Crippen LogP contribution in [0.4, 0.5) is 11.5 Å². The molecular formula is C12H20N4O. The number of rotatable bonds is 5. The number of nitrogens with zero attached hydrogens (tertiary/aromatic N) is 2. The van der Waals surface area contributed by atoms with E-state index in [0.29, 0.717) is 11.5 Å². The van der Waals surface area contributed by atoms with E-state index in [2.05, 4.69) is 10.3 Å². The van der Waals surface area contributed by atoms with E-state index in [4.69, 9.17) is 5.73 Å². The van der Waals surface area contributed by atoms with Crippen LogP contribution in [0.15, 0.2) is 12.1 Å². The lowest BCUT2D eigenvalue weighted by atomic mass is 10.3. The van der Waals surface area contributed by atoms with Crippen LogP contribution in [0, 0.1) is 6.92 Å². The van der Waals surface area contributed by atoms with Gasteiger partial charge in [0, 0.05) is 13.1 Å². The number of pyridine rings is 1. The lowest BCUT2D eigenvalue weighted by molar-refractivity contribution is -0.128. The molecule has 0 aromatic carbocycles. The molecule has 0 aliphatic carbocycles. The number of anilines is 2. The normalized spacial score (nSPS) is 10.1. The third-order valence-corrected chi connectivity index (χ3v) is 2.66. The average Bonchev–Trinajstić information content (AvgIpc) is 2.32. The molecule has 1 rings (SSSR count). The lowest BCUT2D eigenvalue weighted by Gasteiger charge is -2.19. The number of likely N-dealkylation sites (N-methyl/N-ethyl adjacent to an activating group) is 1. The molecule has 0 radical (unpaired) electrons. The van der Waals surface area contributed by atoms with Crippen molar-refractivity contribution in [2.45, 2.75) is 20.8 Å². The number of nitrogens with two attached hydrogens (primary N) is 1. The Morgan fingerprint density at radius 3 is 2.59 bits per heavy atom. The van der Waals surface area contributed by atoms with Crippen LogP contribution in [-0.2, 0) is 4.79 Å². The first-order valence-electron chi connectivity index (χ1n) is 5.83. The monoisotopic (exact) mass is 236 g/mol. The Morgan fingerprint density at radius 2 is 2.06 bits per heavy atom. The largest absolute Gasteiger partial charge is 0.397 e. The molecule has 0 saturated heterocycles. The summed E-state index contributed by atoms with van der Waals surface area (Å²) in [4.78, 5) is 17.8. The minimum absolute atomic E-state index is 0.0753. The van der Waals surface area contributed by atoms with Crippen molar-refractivity contribution in [3.05, 3.63) is 17.8 Å². The first kappa shape index (κ1) is 13.3. The van der Waals surface area contributed by atoms with E-state index >= 15 is 0 Å². The van der Waals surface area contributed by atoms with Gasteiger partial charge in [0.2, 0.25) is 5.91 Å². The Kier molecular flexibility index (Phi) is 4.75. The minimum atomic E-state index is 0.0753. The van der Waals surface area contributed by atoms with Gasteiger partial charge in [0.25, 0.3) is 0 Å². The summed E-state index contributed by atoms with van der Waals surface area (Å²) in [6.07, 6.45) is 0. The summed E-state index contributed by atoms with van der Waals surface area (Å²) in [7, 11) is 0. The van der Waals surface area contributed by atoms with Gasteiger partial charge < -0.3 is 16.0 Å². The molecule has 3 N–H and O–H groups in total. The van der Waals surface area contributed by atoms with Crippen molar-refractivity contribution in [1.82, 2.24) is 9.88 Å². The summed E-state index contributed by atoms with van der Waals surface area (Å²) < 4.78 is 0. The summed E-state index contributed by atoms with van der Waals surface area (Å²) in [5.41, 5.74) is 7.10. The van der Waals surface area contributed by atoms with Crippen LogP contribution in [0.5, 0.6) is 0 Å². The van der Waals surface area contributed by atoms with Gasteiger partial charge in [0.15, 0.2) is 0 Å². The molecule has 1 heterocycles. The molecule has 17 heavy (non-hydrogen) atoms. The zero-order valence-corrected chi connectivity index (χ0v) is 10.7. The second-order valence-electron chi connectivity index (χ2n) is 3.79. The van der Waals surface area contributed by atoms with Crippen LogP contribution in [0.1, 0.15) is 19.5 Å². The second kappa shape index (κ2) is 6.08. The lowest BCUT2D eigenvalue weighted by Crippen LogP contribution is -2.35. The molecule has 94 valence electrons. The fourth-order valence-electron chi connectivity index (χ4n) is 1.52. The fourth-order valence-corrected chi connectivity index (χ4v) is 1.52. The van der Waals surface area contributed by atoms with Gasteiger partial charge in [0.1, 0.15) is 5.82 Å². The van der Waals surface area contributed by atoms with Crippen molar-refractivity contribution in [3.63, 3.8) is 0 Å². The highest BCUT2D eigenvalue weighted by Crippen LogP contribution is 2.11. The molecule has 0 unspecified atom stereocenters. The molecule has 0 fully saturated rings. The Balaban J connectivity index is 2.55. The third kappa shape index (κ3) is 3.62. The Hall–Kier alpha value is -1.78. The molecule has 5 heteroatoms. The van der Waals surface area contributed by atoms with Gasteiger partial charge in [-0.25, -0.2) is 4.98 Å². The number of hydrogen-bond acceptors (Lipinski definition) is 4. The van der Waals surface area contributed by atoms with Crippen molar-refractivity contribution in [2.75, 3.05) is 30.7 Å². The summed E-state index contributed by atoms with van der Waals surface area (Å²) in [6.45, 7) is 7.49. The molecule has 0 atom stereocenters. The highest BCUT2D eigenvalue weighted by molar-refractivity contribution is 5.80. The zero-order valence-electron chi connectivity index (χ0n) is 10.7. The number of nitrogen functional groups attached to an aromatic ring is 1. The maximum Gasteiger partial charge on any atom is 0.241 e. The van der Waals surface area contributed by atoms with Crippen LogP contribution in [0.3, 0.4) is 0 Å². The van der Waals surface area contributed by atoms with Gasteiger partial charge >= 0.3 is 0 Å². The zero-order chi connectivity index (χ0) is 12.8. The van der Waals surface area contributed by atoms with Gasteiger partial charge in [-0.2, -0.15) is 0 Å². The predicted molar refractivity (Wildman–Crippen MR) is 69.8 cm³/mol. The van der Waals surface area contributed by atoms with E-state index in [1.54, 1.807) is 17.0 Å². The fraction of sp³-hybridized carbons (Fsp3) is 0.500. The number of carbonyl (C=O) groups excluding carboxylic acids is 1. The van der Waals surface area contributed by atoms with Crippen LogP contribution in [0.2, 0.25) is 0 Å². The van der Waals surface area contributed by atoms with Crippen LogP contribution in [0.25, 0.3) is 0 Å². The maximum atomic E-state index is 11.7. The van der Waals surface area contributed by atoms with Crippen molar-refractivity contribution in [3.8, 4) is 0 Å². The molecule has 1 amide bonds. The predicted octanol–water partition coefficient (Wildman–Crippen LogP) is 1.25. The minimum Gasteiger partial charge on any atom is -0.397 e. The van der Waals surface area contributed by atoms with E-state index in [1.807, 2.05) is 20.8 Å². The van der Waals surface area contributed by atoms with Gasteiger partial charge in [-0.3, -0.25) is 4.79 Å². The summed E-state index contributed by atoms with van der Waals surface area (Å²) in [5, 5.41) is 3.00. The quantitative estimate of drug-likeness (QED) is 0.807. The summed E-state index contributed by atoms with van der Waals surface area (Å²) in [6, 6.07) is 3.56. The first-order chi connectivity index (χ1) is 8.08. The molecule has 0 saturated carbocycles. The van der Waals surface area contributed by atoms with Crippen molar-refractivity contribution < 1.29 is 4.79 Å². The Morgan fingerprint density at radius 1 is 1.41 bits per heavy atom. The molecule has 1 aromatic rings. The first-order valence-corrected chi connectivity index (χ1v) is 5.83. The number of aromatic nitrogens is 1. The summed E-state index contributed by atoms with van der Waals surface area (Å²) >= 11 is 0. The third-order valence-electron chi connectivity index (χ3n) is 2.66. The van der Waals surface area contributed by atoms with E-state index in [9.17, 15) is 4.79 Å². The standard InChI is InChI=1S/C12H20N4O/c1-4-16(5-2)12(17)8-14-11-7-6-10(13)9(3)15-11/h6-7H,4-5,8,13H2,1-3H3,(H,14,15). The molecule has 0 spiro atoms. The number of amides is 1. The van der Waals surface area contributed by atoms with Gasteiger partial charge in [-0.05, 0) is 32.9 Å². The van der Waals surface area contributed by atoms with E-state index in [-0.39, 0.29) is 12.5 Å². The number of hydrogen-bond donors (Lipinski definition) is 2. The van der Waals surface area contributed by atoms with Crippen LogP contribution >= 0.6 is 0 Å². The SMILES string of the molecule is CCN(CC)C(=O)CNc1ccc(N)c(C)n1. The van der Waals surface area contributed by atoms with Crippen molar-refractivity contribution in [1.29, 1.82) is 0 Å². The van der Waals surface area contributed by atoms with E-state index < -0.39 is 0 Å². The van der Waals surface area contributed by atoms with Crippen LogP contribution in [-0.4, -0.2) is 35.4 Å². The Labute approximate surface area is 102 Å². The molecule has 0 aliphatic rings.